The molecule has 45 heavy (non-hydrogen) atoms. The molecule has 0 radical (unpaired) electrons. The van der Waals surface area contributed by atoms with Gasteiger partial charge in [-0.2, -0.15) is 10.2 Å². The highest BCUT2D eigenvalue weighted by Gasteiger charge is 2.29. The zero-order chi connectivity index (χ0) is 32.3. The van der Waals surface area contributed by atoms with Gasteiger partial charge in [0.2, 0.25) is 5.91 Å². The van der Waals surface area contributed by atoms with E-state index in [0.717, 1.165) is 30.0 Å². The third-order valence-corrected chi connectivity index (χ3v) is 8.35. The summed E-state index contributed by atoms with van der Waals surface area (Å²) in [5.41, 5.74) is 2.12. The quantitative estimate of drug-likeness (QED) is 0.308. The summed E-state index contributed by atoms with van der Waals surface area (Å²) in [6.45, 7) is 12.5. The van der Waals surface area contributed by atoms with E-state index in [-0.39, 0.29) is 35.9 Å². The molecule has 1 atom stereocenters. The van der Waals surface area contributed by atoms with Crippen LogP contribution >= 0.6 is 0 Å². The van der Waals surface area contributed by atoms with Crippen molar-refractivity contribution >= 4 is 11.8 Å². The summed E-state index contributed by atoms with van der Waals surface area (Å²) in [5.74, 6) is 0.184. The molecule has 0 unspecified atom stereocenters. The van der Waals surface area contributed by atoms with Crippen molar-refractivity contribution in [2.45, 2.75) is 78.0 Å². The average molecular weight is 618 g/mol. The van der Waals surface area contributed by atoms with Crippen molar-refractivity contribution in [1.82, 2.24) is 25.3 Å². The number of aliphatic hydroxyl groups is 1. The molecular weight excluding hydrogens is 573 g/mol. The number of rotatable bonds is 10. The minimum Gasteiger partial charge on any atom is -0.457 e. The number of benzene rings is 2. The maximum absolute atomic E-state index is 15.5. The Labute approximate surface area is 264 Å². The van der Waals surface area contributed by atoms with Crippen molar-refractivity contribution in [2.24, 2.45) is 5.92 Å². The predicted octanol–water partition coefficient (Wildman–Crippen LogP) is 5.53. The van der Waals surface area contributed by atoms with Gasteiger partial charge in [-0.1, -0.05) is 20.8 Å². The van der Waals surface area contributed by atoms with Gasteiger partial charge in [0.05, 0.1) is 22.6 Å². The fraction of sp³-hybridized carbons (Fsp3) is 0.486. The summed E-state index contributed by atoms with van der Waals surface area (Å²) in [6.07, 6.45) is 1.87. The highest BCUT2D eigenvalue weighted by molar-refractivity contribution is 5.95. The van der Waals surface area contributed by atoms with Gasteiger partial charge in [0.1, 0.15) is 17.3 Å². The van der Waals surface area contributed by atoms with Gasteiger partial charge >= 0.3 is 0 Å². The molecule has 3 aromatic rings. The second kappa shape index (κ2) is 13.6. The molecule has 0 saturated carbocycles. The van der Waals surface area contributed by atoms with E-state index >= 15 is 4.39 Å². The monoisotopic (exact) mass is 617 g/mol. The van der Waals surface area contributed by atoms with Gasteiger partial charge in [0.15, 0.2) is 0 Å². The Kier molecular flexibility index (Phi) is 9.84. The summed E-state index contributed by atoms with van der Waals surface area (Å²) in [7, 11) is 0. The van der Waals surface area contributed by atoms with E-state index in [1.165, 1.54) is 12.1 Å². The molecule has 2 saturated heterocycles. The first kappa shape index (κ1) is 32.5. The summed E-state index contributed by atoms with van der Waals surface area (Å²) in [6, 6.07) is 13.9. The highest BCUT2D eigenvalue weighted by Crippen LogP contribution is 2.32. The third-order valence-electron chi connectivity index (χ3n) is 8.35. The van der Waals surface area contributed by atoms with Crippen LogP contribution in [0.2, 0.25) is 0 Å². The molecule has 1 aromatic heterocycles. The summed E-state index contributed by atoms with van der Waals surface area (Å²) < 4.78 is 21.8. The Morgan fingerprint density at radius 1 is 1.11 bits per heavy atom. The molecular formula is C35H44FN5O4. The van der Waals surface area contributed by atoms with Gasteiger partial charge in [-0.05, 0) is 87.1 Å². The second-order valence-electron chi connectivity index (χ2n) is 13.5. The topological polar surface area (TPSA) is 108 Å². The Morgan fingerprint density at radius 2 is 1.82 bits per heavy atom. The van der Waals surface area contributed by atoms with Crippen molar-refractivity contribution in [1.29, 1.82) is 0 Å². The van der Waals surface area contributed by atoms with Crippen molar-refractivity contribution in [3.63, 3.8) is 0 Å². The lowest BCUT2D eigenvalue weighted by Gasteiger charge is -2.35. The van der Waals surface area contributed by atoms with Crippen molar-refractivity contribution in [3.8, 4) is 22.8 Å². The van der Waals surface area contributed by atoms with E-state index in [1.807, 2.05) is 31.2 Å². The average Bonchev–Trinajstić information content (AvgIpc) is 3.30. The lowest BCUT2D eigenvalue weighted by atomic mass is 10.0. The van der Waals surface area contributed by atoms with E-state index in [0.29, 0.717) is 49.4 Å². The lowest BCUT2D eigenvalue weighted by molar-refractivity contribution is -0.128. The number of carbonyl (C=O) groups is 2. The van der Waals surface area contributed by atoms with Crippen LogP contribution in [-0.4, -0.2) is 74.7 Å². The molecule has 10 heteroatoms. The molecule has 2 aromatic carbocycles. The molecule has 0 bridgehead atoms. The number of amides is 2. The fourth-order valence-corrected chi connectivity index (χ4v) is 5.99. The number of piperidine rings is 1. The molecule has 2 amide bonds. The number of likely N-dealkylation sites (tertiary alicyclic amines) is 2. The number of carbonyl (C=O) groups excluding carboxylic acids is 2. The largest absolute Gasteiger partial charge is 0.457 e. The zero-order valence-corrected chi connectivity index (χ0v) is 26.8. The fourth-order valence-electron chi connectivity index (χ4n) is 5.99. The van der Waals surface area contributed by atoms with E-state index < -0.39 is 17.3 Å². The second-order valence-corrected chi connectivity index (χ2v) is 13.5. The van der Waals surface area contributed by atoms with Gasteiger partial charge in [0, 0.05) is 56.3 Å². The van der Waals surface area contributed by atoms with Crippen LogP contribution in [0.25, 0.3) is 11.3 Å². The number of halogens is 1. The number of β-amino-alcohol motifs (C(OH)–C–C–N with tert-alkyl or cyclic N) is 1. The lowest BCUT2D eigenvalue weighted by Crippen LogP contribution is -2.48. The van der Waals surface area contributed by atoms with Crippen LogP contribution in [0, 0.1) is 11.7 Å². The smallest absolute Gasteiger partial charge is 0.254 e. The Morgan fingerprint density at radius 3 is 2.40 bits per heavy atom. The van der Waals surface area contributed by atoms with E-state index in [1.54, 1.807) is 30.9 Å². The first-order valence-corrected chi connectivity index (χ1v) is 15.8. The Balaban J connectivity index is 1.34. The molecule has 2 aliphatic rings. The van der Waals surface area contributed by atoms with Crippen LogP contribution in [0.5, 0.6) is 11.5 Å². The minimum atomic E-state index is -0.789. The Bertz CT molecular complexity index is 1500. The molecule has 3 heterocycles. The molecule has 2 aliphatic heterocycles. The number of ether oxygens (including phenoxy) is 1. The molecule has 2 fully saturated rings. The molecule has 0 spiro atoms. The minimum absolute atomic E-state index is 0.0144. The van der Waals surface area contributed by atoms with Gasteiger partial charge in [-0.25, -0.2) is 4.39 Å². The Hall–Kier alpha value is -3.89. The van der Waals surface area contributed by atoms with E-state index in [2.05, 4.69) is 34.3 Å². The van der Waals surface area contributed by atoms with Gasteiger partial charge in [0.25, 0.3) is 5.91 Å². The number of nitrogens with one attached hydrogen (secondary N) is 1. The normalized spacial score (nSPS) is 18.1. The van der Waals surface area contributed by atoms with Crippen LogP contribution in [0.4, 0.5) is 4.39 Å². The number of aromatic nitrogens is 2. The van der Waals surface area contributed by atoms with Crippen LogP contribution < -0.4 is 10.1 Å². The number of hydrogen-bond acceptors (Lipinski definition) is 7. The molecule has 0 aliphatic carbocycles. The molecule has 9 nitrogen and oxygen atoms in total. The summed E-state index contributed by atoms with van der Waals surface area (Å²) in [4.78, 5) is 29.8. The first-order valence-electron chi connectivity index (χ1n) is 15.8. The first-order chi connectivity index (χ1) is 21.3. The van der Waals surface area contributed by atoms with Crippen molar-refractivity contribution < 1.29 is 23.8 Å². The number of hydrogen-bond donors (Lipinski definition) is 2. The standard InChI is InChI=1S/C35H44FN5O4/c1-22(2)30-10-11-31(39-38-30)24-6-8-27(9-7-24)45-32-18-28(29(36)17-25(32)20-41-19-23(3)16-33(41)42)34(43)37-26-12-14-40(15-13-26)21-35(4,5)44/h6-11,17-18,22-23,26,44H,12-16,19-21H2,1-5H3,(H,37,43)/t23-/m0/s1. The summed E-state index contributed by atoms with van der Waals surface area (Å²) in [5, 5.41) is 21.8. The molecule has 240 valence electrons. The SMILES string of the molecule is CC(C)c1ccc(-c2ccc(Oc3cc(C(=O)NC4CCN(CC(C)(C)O)CC4)c(F)cc3CN3C[C@@H](C)CC3=O)cc2)nn1. The van der Waals surface area contributed by atoms with Gasteiger partial charge in [-0.15, -0.1) is 0 Å². The predicted molar refractivity (Wildman–Crippen MR) is 170 cm³/mol. The van der Waals surface area contributed by atoms with E-state index in [4.69, 9.17) is 4.74 Å². The van der Waals surface area contributed by atoms with Crippen LogP contribution in [0.1, 0.15) is 81.4 Å². The van der Waals surface area contributed by atoms with Crippen molar-refractivity contribution in [2.75, 3.05) is 26.2 Å². The van der Waals surface area contributed by atoms with E-state index in [9.17, 15) is 14.7 Å². The van der Waals surface area contributed by atoms with Crippen molar-refractivity contribution in [3.05, 3.63) is 71.2 Å². The third kappa shape index (κ3) is 8.43. The van der Waals surface area contributed by atoms with Gasteiger partial charge in [-0.3, -0.25) is 9.59 Å². The highest BCUT2D eigenvalue weighted by atomic mass is 19.1. The van der Waals surface area contributed by atoms with Crippen LogP contribution in [-0.2, 0) is 11.3 Å². The maximum Gasteiger partial charge on any atom is 0.254 e. The molecule has 5 rings (SSSR count). The molecule has 2 N–H and O–H groups in total. The number of nitrogens with zero attached hydrogens (tertiary/aromatic N) is 4. The summed E-state index contributed by atoms with van der Waals surface area (Å²) >= 11 is 0. The van der Waals surface area contributed by atoms with Crippen LogP contribution in [0.15, 0.2) is 48.5 Å². The van der Waals surface area contributed by atoms with Gasteiger partial charge < -0.3 is 25.0 Å². The van der Waals surface area contributed by atoms with Crippen LogP contribution in [0.3, 0.4) is 0 Å². The maximum atomic E-state index is 15.5. The zero-order valence-electron chi connectivity index (χ0n) is 26.8.